The van der Waals surface area contributed by atoms with Crippen LogP contribution in [-0.4, -0.2) is 49.6 Å². The molecule has 0 aliphatic heterocycles. The molecule has 5 nitrogen and oxygen atoms in total. The Hall–Kier alpha value is -1.83. The van der Waals surface area contributed by atoms with Crippen molar-refractivity contribution >= 4 is 5.91 Å². The maximum absolute atomic E-state index is 12.8. The largest absolute Gasteiger partial charge is 0.476 e. The smallest absolute Gasteiger partial charge is 0.433 e. The van der Waals surface area contributed by atoms with E-state index in [0.717, 1.165) is 25.0 Å². The molecule has 0 aromatic carbocycles. The predicted octanol–water partition coefficient (Wildman–Crippen LogP) is 2.57. The lowest BCUT2D eigenvalue weighted by molar-refractivity contribution is -0.141. The molecule has 0 saturated carbocycles. The molecule has 23 heavy (non-hydrogen) atoms. The van der Waals surface area contributed by atoms with E-state index in [1.54, 1.807) is 14.1 Å². The Morgan fingerprint density at radius 1 is 1.35 bits per heavy atom. The number of carbonyl (C=O) groups is 1. The van der Waals surface area contributed by atoms with E-state index in [1.165, 1.54) is 0 Å². The lowest BCUT2D eigenvalue weighted by Gasteiger charge is -2.15. The van der Waals surface area contributed by atoms with E-state index in [2.05, 4.69) is 10.3 Å². The highest BCUT2D eigenvalue weighted by Crippen LogP contribution is 2.30. The Kier molecular flexibility index (Phi) is 7.28. The fraction of sp³-hybridized carbons (Fsp3) is 0.600. The van der Waals surface area contributed by atoms with Crippen LogP contribution >= 0.6 is 0 Å². The van der Waals surface area contributed by atoms with Crippen molar-refractivity contribution in [2.45, 2.75) is 25.9 Å². The van der Waals surface area contributed by atoms with Crippen molar-refractivity contribution in [1.82, 2.24) is 15.2 Å². The van der Waals surface area contributed by atoms with Gasteiger partial charge in [0.05, 0.1) is 0 Å². The van der Waals surface area contributed by atoms with Crippen molar-refractivity contribution in [2.24, 2.45) is 0 Å². The highest BCUT2D eigenvalue weighted by molar-refractivity contribution is 5.96. The van der Waals surface area contributed by atoms with Gasteiger partial charge in [0, 0.05) is 13.1 Å². The minimum atomic E-state index is -4.59. The first kappa shape index (κ1) is 19.2. The van der Waals surface area contributed by atoms with Gasteiger partial charge in [0.2, 0.25) is 5.88 Å². The molecule has 1 aromatic rings. The van der Waals surface area contributed by atoms with Gasteiger partial charge in [-0.2, -0.15) is 13.2 Å². The van der Waals surface area contributed by atoms with Crippen LogP contribution in [0.15, 0.2) is 12.1 Å². The molecule has 0 saturated heterocycles. The van der Waals surface area contributed by atoms with E-state index in [9.17, 15) is 18.0 Å². The Morgan fingerprint density at radius 3 is 2.61 bits per heavy atom. The van der Waals surface area contributed by atoms with Crippen LogP contribution in [0.1, 0.15) is 35.8 Å². The van der Waals surface area contributed by atoms with Gasteiger partial charge in [-0.05, 0) is 32.6 Å². The molecule has 130 valence electrons. The zero-order valence-electron chi connectivity index (χ0n) is 13.5. The number of amides is 1. The summed E-state index contributed by atoms with van der Waals surface area (Å²) in [5.74, 6) is -0.782. The van der Waals surface area contributed by atoms with Crippen LogP contribution in [0.5, 0.6) is 5.88 Å². The maximum Gasteiger partial charge on any atom is 0.433 e. The number of ether oxygens (including phenoxy) is 1. The lowest BCUT2D eigenvalue weighted by atomic mass is 10.2. The summed E-state index contributed by atoms with van der Waals surface area (Å²) >= 11 is 0. The minimum absolute atomic E-state index is 0.00728. The predicted molar refractivity (Wildman–Crippen MR) is 80.5 cm³/mol. The van der Waals surface area contributed by atoms with E-state index in [-0.39, 0.29) is 18.1 Å². The third-order valence-electron chi connectivity index (χ3n) is 2.99. The summed E-state index contributed by atoms with van der Waals surface area (Å²) in [6.07, 6.45) is -2.90. The number of carbonyl (C=O) groups excluding carboxylic acids is 1. The number of halogens is 3. The van der Waals surface area contributed by atoms with Gasteiger partial charge in [-0.15, -0.1) is 0 Å². The van der Waals surface area contributed by atoms with E-state index < -0.39 is 17.8 Å². The van der Waals surface area contributed by atoms with Crippen molar-refractivity contribution in [1.29, 1.82) is 0 Å². The minimum Gasteiger partial charge on any atom is -0.476 e. The van der Waals surface area contributed by atoms with Gasteiger partial charge in [-0.3, -0.25) is 4.79 Å². The lowest BCUT2D eigenvalue weighted by Crippen LogP contribution is -2.26. The molecule has 0 spiro atoms. The summed E-state index contributed by atoms with van der Waals surface area (Å²) in [4.78, 5) is 17.4. The Balaban J connectivity index is 2.95. The third kappa shape index (κ3) is 6.43. The summed E-state index contributed by atoms with van der Waals surface area (Å²) in [7, 11) is 3.61. The monoisotopic (exact) mass is 333 g/mol. The molecular formula is C15H22F3N3O2. The highest BCUT2D eigenvalue weighted by atomic mass is 19.4. The molecule has 1 aromatic heterocycles. The van der Waals surface area contributed by atoms with Gasteiger partial charge in [-0.25, -0.2) is 4.98 Å². The third-order valence-corrected chi connectivity index (χ3v) is 2.99. The Labute approximate surface area is 133 Å². The number of likely N-dealkylation sites (N-methyl/N-ethyl adjacent to an activating group) is 1. The first-order valence-corrected chi connectivity index (χ1v) is 7.39. The number of hydrogen-bond acceptors (Lipinski definition) is 4. The average molecular weight is 333 g/mol. The average Bonchev–Trinajstić information content (AvgIpc) is 2.46. The molecule has 1 rings (SSSR count). The molecule has 0 atom stereocenters. The van der Waals surface area contributed by atoms with Crippen LogP contribution in [0, 0.1) is 0 Å². The summed E-state index contributed by atoms with van der Waals surface area (Å²) in [5, 5.41) is 2.65. The Morgan fingerprint density at radius 2 is 2.04 bits per heavy atom. The number of hydrogen-bond donors (Lipinski definition) is 1. The second-order valence-corrected chi connectivity index (χ2v) is 5.31. The van der Waals surface area contributed by atoms with Crippen molar-refractivity contribution in [3.8, 4) is 5.88 Å². The maximum atomic E-state index is 12.8. The summed E-state index contributed by atoms with van der Waals surface area (Å²) < 4.78 is 43.6. The van der Waals surface area contributed by atoms with Crippen LogP contribution in [0.2, 0.25) is 0 Å². The molecule has 1 amide bonds. The molecule has 0 aliphatic rings. The summed E-state index contributed by atoms with van der Waals surface area (Å²) in [5.41, 5.74) is -1.07. The Bertz CT molecular complexity index is 519. The molecule has 1 heterocycles. The number of aromatic nitrogens is 1. The number of alkyl halides is 3. The number of pyridine rings is 1. The molecule has 0 unspecified atom stereocenters. The van der Waals surface area contributed by atoms with Crippen molar-refractivity contribution in [3.63, 3.8) is 0 Å². The molecule has 0 aliphatic carbocycles. The van der Waals surface area contributed by atoms with Gasteiger partial charge >= 0.3 is 6.18 Å². The summed E-state index contributed by atoms with van der Waals surface area (Å²) in [6.45, 7) is 3.06. The number of nitrogens with one attached hydrogen (secondary N) is 1. The van der Waals surface area contributed by atoms with Crippen LogP contribution in [0.3, 0.4) is 0 Å². The molecule has 8 heteroatoms. The van der Waals surface area contributed by atoms with Gasteiger partial charge in [0.15, 0.2) is 0 Å². The molecule has 0 bridgehead atoms. The molecule has 0 fully saturated rings. The number of nitrogens with zero attached hydrogens (tertiary/aromatic N) is 2. The standard InChI is InChI=1S/C15H22F3N3O2/c1-4-5-8-19-13(22)11-6-7-12(15(16,17)18)20-14(11)23-10-9-21(2)3/h6-7H,4-5,8-10H2,1-3H3,(H,19,22). The van der Waals surface area contributed by atoms with Crippen LogP contribution < -0.4 is 10.1 Å². The SMILES string of the molecule is CCCCNC(=O)c1ccc(C(F)(F)F)nc1OCCN(C)C. The fourth-order valence-corrected chi connectivity index (χ4v) is 1.68. The van der Waals surface area contributed by atoms with Crippen LogP contribution in [0.25, 0.3) is 0 Å². The molecular weight excluding hydrogens is 311 g/mol. The molecule has 1 N–H and O–H groups in total. The van der Waals surface area contributed by atoms with Crippen LogP contribution in [0.4, 0.5) is 13.2 Å². The van der Waals surface area contributed by atoms with Crippen molar-refractivity contribution < 1.29 is 22.7 Å². The van der Waals surface area contributed by atoms with Crippen LogP contribution in [-0.2, 0) is 6.18 Å². The topological polar surface area (TPSA) is 54.5 Å². The van der Waals surface area contributed by atoms with Gasteiger partial charge in [0.25, 0.3) is 5.91 Å². The van der Waals surface area contributed by atoms with E-state index in [0.29, 0.717) is 13.1 Å². The normalized spacial score (nSPS) is 11.6. The second-order valence-electron chi connectivity index (χ2n) is 5.31. The molecule has 0 radical (unpaired) electrons. The van der Waals surface area contributed by atoms with E-state index in [4.69, 9.17) is 4.74 Å². The number of unbranched alkanes of at least 4 members (excludes halogenated alkanes) is 1. The second kappa shape index (κ2) is 8.71. The number of rotatable bonds is 8. The zero-order chi connectivity index (χ0) is 17.5. The van der Waals surface area contributed by atoms with Gasteiger partial charge in [-0.1, -0.05) is 13.3 Å². The quantitative estimate of drug-likeness (QED) is 0.743. The van der Waals surface area contributed by atoms with E-state index >= 15 is 0 Å². The van der Waals surface area contributed by atoms with E-state index in [1.807, 2.05) is 11.8 Å². The van der Waals surface area contributed by atoms with Crippen molar-refractivity contribution in [3.05, 3.63) is 23.4 Å². The highest BCUT2D eigenvalue weighted by Gasteiger charge is 2.34. The fourth-order valence-electron chi connectivity index (χ4n) is 1.68. The van der Waals surface area contributed by atoms with Gasteiger partial charge < -0.3 is 15.0 Å². The zero-order valence-corrected chi connectivity index (χ0v) is 13.5. The van der Waals surface area contributed by atoms with Crippen molar-refractivity contribution in [2.75, 3.05) is 33.8 Å². The first-order chi connectivity index (χ1) is 10.8. The first-order valence-electron chi connectivity index (χ1n) is 7.39. The van der Waals surface area contributed by atoms with Gasteiger partial charge in [0.1, 0.15) is 17.9 Å². The summed E-state index contributed by atoms with van der Waals surface area (Å²) in [6, 6.07) is 1.88.